The van der Waals surface area contributed by atoms with E-state index in [0.717, 1.165) is 16.9 Å². The standard InChI is InChI=1S/C12H12N2O4S2/c15-12(16)10-1-2-11(19-10)20(17,18)14-8-5-9-3-6-13-7-4-9/h1-4,6-7,14H,5,8H2,(H,15,16). The maximum Gasteiger partial charge on any atom is 0.345 e. The second kappa shape index (κ2) is 6.12. The molecular weight excluding hydrogens is 300 g/mol. The molecule has 0 aliphatic carbocycles. The van der Waals surface area contributed by atoms with Gasteiger partial charge in [0.05, 0.1) is 0 Å². The predicted molar refractivity (Wildman–Crippen MR) is 74.4 cm³/mol. The highest BCUT2D eigenvalue weighted by molar-refractivity contribution is 7.91. The number of carboxylic acids is 1. The Morgan fingerprint density at radius 2 is 1.95 bits per heavy atom. The van der Waals surface area contributed by atoms with E-state index in [0.29, 0.717) is 6.42 Å². The zero-order chi connectivity index (χ0) is 14.6. The van der Waals surface area contributed by atoms with E-state index >= 15 is 0 Å². The monoisotopic (exact) mass is 312 g/mol. The van der Waals surface area contributed by atoms with Crippen molar-refractivity contribution >= 4 is 27.3 Å². The summed E-state index contributed by atoms with van der Waals surface area (Å²) in [4.78, 5) is 14.6. The molecule has 0 radical (unpaired) electrons. The van der Waals surface area contributed by atoms with E-state index in [4.69, 9.17) is 5.11 Å². The number of rotatable bonds is 6. The third-order valence-corrected chi connectivity index (χ3v) is 5.54. The fraction of sp³-hybridized carbons (Fsp3) is 0.167. The minimum Gasteiger partial charge on any atom is -0.477 e. The van der Waals surface area contributed by atoms with Crippen LogP contribution in [0.3, 0.4) is 0 Å². The smallest absolute Gasteiger partial charge is 0.345 e. The number of nitrogens with zero attached hydrogens (tertiary/aromatic N) is 1. The Hall–Kier alpha value is -1.77. The van der Waals surface area contributed by atoms with Crippen molar-refractivity contribution in [2.24, 2.45) is 0 Å². The summed E-state index contributed by atoms with van der Waals surface area (Å²) in [6.45, 7) is 0.243. The topological polar surface area (TPSA) is 96.4 Å². The molecule has 6 nitrogen and oxygen atoms in total. The van der Waals surface area contributed by atoms with Crippen molar-refractivity contribution in [3.8, 4) is 0 Å². The van der Waals surface area contributed by atoms with Gasteiger partial charge in [0.2, 0.25) is 10.0 Å². The lowest BCUT2D eigenvalue weighted by Gasteiger charge is -2.04. The number of aromatic nitrogens is 1. The molecule has 106 valence electrons. The first-order valence-electron chi connectivity index (χ1n) is 5.71. The van der Waals surface area contributed by atoms with Gasteiger partial charge in [0.15, 0.2) is 0 Å². The first-order valence-corrected chi connectivity index (χ1v) is 8.01. The molecule has 20 heavy (non-hydrogen) atoms. The molecule has 0 aromatic carbocycles. The number of hydrogen-bond donors (Lipinski definition) is 2. The number of carbonyl (C=O) groups is 1. The molecule has 0 spiro atoms. The number of aromatic carboxylic acids is 1. The van der Waals surface area contributed by atoms with Gasteiger partial charge in [0.25, 0.3) is 0 Å². The third kappa shape index (κ3) is 3.62. The first kappa shape index (κ1) is 14.6. The van der Waals surface area contributed by atoms with Crippen molar-refractivity contribution < 1.29 is 18.3 Å². The summed E-state index contributed by atoms with van der Waals surface area (Å²) in [7, 11) is -3.65. The molecule has 0 aliphatic heterocycles. The van der Waals surface area contributed by atoms with E-state index in [1.807, 2.05) is 12.1 Å². The molecule has 2 aromatic heterocycles. The molecule has 0 aliphatic rings. The fourth-order valence-corrected chi connectivity index (χ4v) is 3.75. The van der Waals surface area contributed by atoms with Crippen molar-refractivity contribution in [3.05, 3.63) is 47.1 Å². The van der Waals surface area contributed by atoms with Crippen LogP contribution in [0.1, 0.15) is 15.2 Å². The summed E-state index contributed by atoms with van der Waals surface area (Å²) >= 11 is 0.734. The normalized spacial score (nSPS) is 11.4. The van der Waals surface area contributed by atoms with Crippen LogP contribution in [0.15, 0.2) is 40.9 Å². The summed E-state index contributed by atoms with van der Waals surface area (Å²) in [5.74, 6) is -1.13. The summed E-state index contributed by atoms with van der Waals surface area (Å²) < 4.78 is 26.4. The Bertz CT molecular complexity index is 695. The van der Waals surface area contributed by atoms with Gasteiger partial charge in [-0.25, -0.2) is 17.9 Å². The molecule has 0 amide bonds. The maximum absolute atomic E-state index is 12.0. The average Bonchev–Trinajstić information content (AvgIpc) is 2.90. The van der Waals surface area contributed by atoms with Crippen LogP contribution < -0.4 is 4.72 Å². The molecule has 2 rings (SSSR count). The Balaban J connectivity index is 1.98. The molecule has 2 N–H and O–H groups in total. The molecule has 0 atom stereocenters. The van der Waals surface area contributed by atoms with Gasteiger partial charge in [-0.2, -0.15) is 0 Å². The van der Waals surface area contributed by atoms with Crippen LogP contribution in [-0.2, 0) is 16.4 Å². The van der Waals surface area contributed by atoms with Crippen LogP contribution in [0.2, 0.25) is 0 Å². The van der Waals surface area contributed by atoms with Crippen LogP contribution >= 0.6 is 11.3 Å². The lowest BCUT2D eigenvalue weighted by molar-refractivity contribution is 0.0702. The summed E-state index contributed by atoms with van der Waals surface area (Å²) in [6, 6.07) is 6.19. The van der Waals surface area contributed by atoms with E-state index in [2.05, 4.69) is 9.71 Å². The molecule has 2 aromatic rings. The largest absolute Gasteiger partial charge is 0.477 e. The third-order valence-electron chi connectivity index (χ3n) is 2.51. The van der Waals surface area contributed by atoms with Crippen molar-refractivity contribution in [2.45, 2.75) is 10.6 Å². The molecular formula is C12H12N2O4S2. The van der Waals surface area contributed by atoms with Crippen LogP contribution in [0, 0.1) is 0 Å². The van der Waals surface area contributed by atoms with Gasteiger partial charge < -0.3 is 5.11 Å². The fourth-order valence-electron chi connectivity index (χ4n) is 1.53. The number of hydrogen-bond acceptors (Lipinski definition) is 5. The van der Waals surface area contributed by atoms with Gasteiger partial charge >= 0.3 is 5.97 Å². The van der Waals surface area contributed by atoms with Gasteiger partial charge in [0, 0.05) is 18.9 Å². The molecule has 8 heteroatoms. The number of nitrogens with one attached hydrogen (secondary N) is 1. The zero-order valence-corrected chi connectivity index (χ0v) is 11.9. The van der Waals surface area contributed by atoms with E-state index in [1.165, 1.54) is 12.1 Å². The zero-order valence-electron chi connectivity index (χ0n) is 10.3. The second-order valence-corrected chi connectivity index (χ2v) is 7.00. The van der Waals surface area contributed by atoms with Crippen molar-refractivity contribution in [1.82, 2.24) is 9.71 Å². The molecule has 2 heterocycles. The van der Waals surface area contributed by atoms with E-state index in [-0.39, 0.29) is 15.6 Å². The number of sulfonamides is 1. The van der Waals surface area contributed by atoms with Crippen LogP contribution in [0.4, 0.5) is 0 Å². The van der Waals surface area contributed by atoms with Gasteiger partial charge in [-0.15, -0.1) is 11.3 Å². The lowest BCUT2D eigenvalue weighted by atomic mass is 10.2. The Morgan fingerprint density at radius 3 is 2.55 bits per heavy atom. The number of pyridine rings is 1. The molecule has 0 saturated heterocycles. The number of thiophene rings is 1. The highest BCUT2D eigenvalue weighted by Gasteiger charge is 2.18. The average molecular weight is 312 g/mol. The lowest BCUT2D eigenvalue weighted by Crippen LogP contribution is -2.25. The maximum atomic E-state index is 12.0. The van der Waals surface area contributed by atoms with E-state index in [1.54, 1.807) is 12.4 Å². The van der Waals surface area contributed by atoms with Crippen LogP contribution in [0.5, 0.6) is 0 Å². The summed E-state index contributed by atoms with van der Waals surface area (Å²) in [5, 5.41) is 8.78. The highest BCUT2D eigenvalue weighted by atomic mass is 32.2. The predicted octanol–water partition coefficient (Wildman–Crippen LogP) is 1.36. The van der Waals surface area contributed by atoms with Gasteiger partial charge in [0.1, 0.15) is 9.09 Å². The van der Waals surface area contributed by atoms with E-state index in [9.17, 15) is 13.2 Å². The quantitative estimate of drug-likeness (QED) is 0.839. The van der Waals surface area contributed by atoms with Gasteiger partial charge in [-0.1, -0.05) is 0 Å². The minimum atomic E-state index is -3.65. The van der Waals surface area contributed by atoms with E-state index < -0.39 is 16.0 Å². The van der Waals surface area contributed by atoms with Crippen molar-refractivity contribution in [2.75, 3.05) is 6.54 Å². The van der Waals surface area contributed by atoms with Crippen molar-refractivity contribution in [3.63, 3.8) is 0 Å². The Kier molecular flexibility index (Phi) is 4.48. The molecule has 0 unspecified atom stereocenters. The molecule has 0 saturated carbocycles. The summed E-state index contributed by atoms with van der Waals surface area (Å²) in [6.07, 6.45) is 3.82. The van der Waals surface area contributed by atoms with Gasteiger partial charge in [-0.05, 0) is 36.2 Å². The second-order valence-electron chi connectivity index (χ2n) is 3.93. The Morgan fingerprint density at radius 1 is 1.25 bits per heavy atom. The van der Waals surface area contributed by atoms with Gasteiger partial charge in [-0.3, -0.25) is 4.98 Å². The molecule has 0 fully saturated rings. The van der Waals surface area contributed by atoms with Crippen LogP contribution in [-0.4, -0.2) is 31.0 Å². The Labute approximate surface area is 120 Å². The first-order chi connectivity index (χ1) is 9.49. The van der Waals surface area contributed by atoms with Crippen molar-refractivity contribution in [1.29, 1.82) is 0 Å². The summed E-state index contributed by atoms with van der Waals surface area (Å²) in [5.41, 5.74) is 0.972. The van der Waals surface area contributed by atoms with Crippen LogP contribution in [0.25, 0.3) is 0 Å². The number of carboxylic acid groups (broad SMARTS) is 1. The highest BCUT2D eigenvalue weighted by Crippen LogP contribution is 2.21. The molecule has 0 bridgehead atoms. The SMILES string of the molecule is O=C(O)c1ccc(S(=O)(=O)NCCc2ccncc2)s1. The minimum absolute atomic E-state index is 0.000455.